The minimum Gasteiger partial charge on any atom is -0.330 e. The molecule has 0 aliphatic heterocycles. The third-order valence-electron chi connectivity index (χ3n) is 2.67. The first kappa shape index (κ1) is 13.2. The van der Waals surface area contributed by atoms with Crippen LogP contribution in [0.15, 0.2) is 41.5 Å². The fraction of sp³-hybridized carbons (Fsp3) is 0.231. The number of halogens is 1. The first-order chi connectivity index (χ1) is 9.24. The fourth-order valence-electron chi connectivity index (χ4n) is 1.80. The van der Waals surface area contributed by atoms with Gasteiger partial charge < -0.3 is 15.6 Å². The smallest absolute Gasteiger partial charge is 0.291 e. The molecule has 0 saturated carbocycles. The van der Waals surface area contributed by atoms with E-state index in [1.165, 1.54) is 18.5 Å². The highest BCUT2D eigenvalue weighted by atomic mass is 19.1. The van der Waals surface area contributed by atoms with Gasteiger partial charge in [-0.05, 0) is 25.1 Å². The van der Waals surface area contributed by atoms with Crippen LogP contribution in [0.4, 0.5) is 15.9 Å². The molecule has 100 valence electrons. The van der Waals surface area contributed by atoms with E-state index in [4.69, 9.17) is 5.73 Å². The lowest BCUT2D eigenvalue weighted by Gasteiger charge is -2.23. The van der Waals surface area contributed by atoms with Crippen molar-refractivity contribution in [2.24, 2.45) is 5.73 Å². The zero-order valence-corrected chi connectivity index (χ0v) is 10.3. The maximum absolute atomic E-state index is 13.9. The lowest BCUT2D eigenvalue weighted by atomic mass is 10.2. The molecule has 0 amide bonds. The van der Waals surface area contributed by atoms with E-state index in [9.17, 15) is 9.18 Å². The van der Waals surface area contributed by atoms with Crippen LogP contribution >= 0.6 is 0 Å². The highest BCUT2D eigenvalue weighted by molar-refractivity contribution is 5.59. The number of aromatic nitrogens is 2. The van der Waals surface area contributed by atoms with Crippen molar-refractivity contribution >= 4 is 11.5 Å². The van der Waals surface area contributed by atoms with E-state index in [0.717, 1.165) is 0 Å². The van der Waals surface area contributed by atoms with Crippen molar-refractivity contribution in [2.75, 3.05) is 18.0 Å². The number of hydrogen-bond donors (Lipinski definition) is 2. The van der Waals surface area contributed by atoms with Gasteiger partial charge in [-0.15, -0.1) is 0 Å². The topological polar surface area (TPSA) is 75.0 Å². The minimum absolute atomic E-state index is 0.168. The molecule has 0 aliphatic carbocycles. The van der Waals surface area contributed by atoms with Crippen LogP contribution in [0.5, 0.6) is 0 Å². The summed E-state index contributed by atoms with van der Waals surface area (Å²) in [6.07, 6.45) is 3.53. The Labute approximate surface area is 109 Å². The molecular weight excluding hydrogens is 247 g/mol. The van der Waals surface area contributed by atoms with Gasteiger partial charge in [0.05, 0.1) is 5.69 Å². The largest absolute Gasteiger partial charge is 0.330 e. The normalized spacial score (nSPS) is 10.4. The highest BCUT2D eigenvalue weighted by Gasteiger charge is 2.16. The average Bonchev–Trinajstić information content (AvgIpc) is 2.42. The van der Waals surface area contributed by atoms with Crippen molar-refractivity contribution in [2.45, 2.75) is 6.42 Å². The predicted molar refractivity (Wildman–Crippen MR) is 71.9 cm³/mol. The molecular formula is C13H15FN4O. The van der Waals surface area contributed by atoms with Gasteiger partial charge in [-0.2, -0.15) is 0 Å². The number of aromatic amines is 1. The number of para-hydroxylation sites is 1. The Morgan fingerprint density at radius 2 is 2.16 bits per heavy atom. The number of H-pyrrole nitrogens is 1. The van der Waals surface area contributed by atoms with E-state index in [2.05, 4.69) is 9.97 Å². The zero-order chi connectivity index (χ0) is 13.7. The Bertz CT molecular complexity index is 599. The molecule has 6 heteroatoms. The second kappa shape index (κ2) is 6.10. The van der Waals surface area contributed by atoms with Gasteiger partial charge in [0.1, 0.15) is 5.82 Å². The summed E-state index contributed by atoms with van der Waals surface area (Å²) in [6, 6.07) is 6.27. The first-order valence-electron chi connectivity index (χ1n) is 6.00. The van der Waals surface area contributed by atoms with Gasteiger partial charge in [0, 0.05) is 18.9 Å². The van der Waals surface area contributed by atoms with E-state index in [1.807, 2.05) is 0 Å². The van der Waals surface area contributed by atoms with Gasteiger partial charge in [0.25, 0.3) is 5.56 Å². The lowest BCUT2D eigenvalue weighted by molar-refractivity contribution is 0.622. The lowest BCUT2D eigenvalue weighted by Crippen LogP contribution is -2.28. The molecule has 0 spiro atoms. The molecule has 2 rings (SSSR count). The van der Waals surface area contributed by atoms with Crippen molar-refractivity contribution in [1.29, 1.82) is 0 Å². The number of nitrogens with two attached hydrogens (primary N) is 1. The van der Waals surface area contributed by atoms with Crippen LogP contribution in [-0.2, 0) is 0 Å². The summed E-state index contributed by atoms with van der Waals surface area (Å²) in [5.74, 6) is -0.231. The Hall–Kier alpha value is -2.21. The molecule has 2 aromatic rings. The number of rotatable bonds is 5. The molecule has 1 aromatic heterocycles. The number of nitrogens with zero attached hydrogens (tertiary/aromatic N) is 2. The van der Waals surface area contributed by atoms with Gasteiger partial charge in [-0.1, -0.05) is 12.1 Å². The van der Waals surface area contributed by atoms with Gasteiger partial charge in [0.15, 0.2) is 5.82 Å². The van der Waals surface area contributed by atoms with Crippen LogP contribution in [0.25, 0.3) is 0 Å². The second-order valence-electron chi connectivity index (χ2n) is 3.99. The van der Waals surface area contributed by atoms with Crippen LogP contribution in [0.3, 0.4) is 0 Å². The fourth-order valence-corrected chi connectivity index (χ4v) is 1.80. The summed E-state index contributed by atoms with van der Waals surface area (Å²) in [6.45, 7) is 0.882. The van der Waals surface area contributed by atoms with Crippen molar-refractivity contribution in [3.8, 4) is 0 Å². The minimum atomic E-state index is -0.399. The van der Waals surface area contributed by atoms with Crippen LogP contribution in [0.1, 0.15) is 6.42 Å². The third-order valence-corrected chi connectivity index (χ3v) is 2.67. The van der Waals surface area contributed by atoms with Crippen LogP contribution in [0, 0.1) is 5.82 Å². The molecule has 5 nitrogen and oxygen atoms in total. The van der Waals surface area contributed by atoms with Crippen LogP contribution in [-0.4, -0.2) is 23.1 Å². The maximum Gasteiger partial charge on any atom is 0.291 e. The molecule has 0 fully saturated rings. The van der Waals surface area contributed by atoms with Crippen molar-refractivity contribution < 1.29 is 4.39 Å². The maximum atomic E-state index is 13.9. The van der Waals surface area contributed by atoms with Crippen LogP contribution < -0.4 is 16.2 Å². The predicted octanol–water partition coefficient (Wildman–Crippen LogP) is 1.40. The summed E-state index contributed by atoms with van der Waals surface area (Å²) in [5.41, 5.74) is 5.44. The standard InChI is InChI=1S/C13H15FN4O/c14-10-4-1-2-5-11(10)18(9-3-6-15)12-13(19)17-8-7-16-12/h1-2,4-5,7-8H,3,6,9,15H2,(H,17,19). The molecule has 0 unspecified atom stereocenters. The number of nitrogens with one attached hydrogen (secondary N) is 1. The van der Waals surface area contributed by atoms with E-state index in [-0.39, 0.29) is 11.4 Å². The van der Waals surface area contributed by atoms with E-state index < -0.39 is 5.82 Å². The van der Waals surface area contributed by atoms with Crippen LogP contribution in [0.2, 0.25) is 0 Å². The molecule has 0 saturated heterocycles. The van der Waals surface area contributed by atoms with Gasteiger partial charge in [-0.25, -0.2) is 9.37 Å². The van der Waals surface area contributed by atoms with Crippen molar-refractivity contribution in [3.63, 3.8) is 0 Å². The summed E-state index contributed by atoms with van der Waals surface area (Å²) in [7, 11) is 0. The molecule has 3 N–H and O–H groups in total. The average molecular weight is 262 g/mol. The molecule has 19 heavy (non-hydrogen) atoms. The number of anilines is 2. The van der Waals surface area contributed by atoms with Gasteiger partial charge in [-0.3, -0.25) is 4.79 Å². The second-order valence-corrected chi connectivity index (χ2v) is 3.99. The number of benzene rings is 1. The molecule has 0 aliphatic rings. The molecule has 1 aromatic carbocycles. The Morgan fingerprint density at radius 3 is 2.84 bits per heavy atom. The van der Waals surface area contributed by atoms with E-state index in [1.54, 1.807) is 23.1 Å². The van der Waals surface area contributed by atoms with E-state index >= 15 is 0 Å². The van der Waals surface area contributed by atoms with Gasteiger partial charge >= 0.3 is 0 Å². The molecule has 1 heterocycles. The summed E-state index contributed by atoms with van der Waals surface area (Å²) >= 11 is 0. The third kappa shape index (κ3) is 2.97. The molecule has 0 radical (unpaired) electrons. The zero-order valence-electron chi connectivity index (χ0n) is 10.3. The summed E-state index contributed by atoms with van der Waals surface area (Å²) in [4.78, 5) is 19.9. The Morgan fingerprint density at radius 1 is 1.37 bits per heavy atom. The Balaban J connectivity index is 2.45. The molecule has 0 bridgehead atoms. The number of hydrogen-bond acceptors (Lipinski definition) is 4. The Kier molecular flexibility index (Phi) is 4.25. The SMILES string of the molecule is NCCCN(c1ccccc1F)c1ncc[nH]c1=O. The van der Waals surface area contributed by atoms with Gasteiger partial charge in [0.2, 0.25) is 0 Å². The molecule has 0 atom stereocenters. The first-order valence-corrected chi connectivity index (χ1v) is 6.00. The quantitative estimate of drug-likeness (QED) is 0.854. The van der Waals surface area contributed by atoms with Crippen molar-refractivity contribution in [1.82, 2.24) is 9.97 Å². The summed E-state index contributed by atoms with van der Waals surface area (Å²) < 4.78 is 13.9. The van der Waals surface area contributed by atoms with Crippen molar-refractivity contribution in [3.05, 3.63) is 52.8 Å². The monoisotopic (exact) mass is 262 g/mol. The highest BCUT2D eigenvalue weighted by Crippen LogP contribution is 2.23. The van der Waals surface area contributed by atoms with E-state index in [0.29, 0.717) is 25.2 Å². The summed E-state index contributed by atoms with van der Waals surface area (Å²) in [5, 5.41) is 0.